The molecule has 4 heterocycles. The fourth-order valence-corrected chi connectivity index (χ4v) is 8.72. The lowest BCUT2D eigenvalue weighted by Gasteiger charge is -2.13. The molecule has 4 aromatic carbocycles. The number of carbonyl (C=O) groups is 4. The van der Waals surface area contributed by atoms with Crippen molar-refractivity contribution in [1.29, 1.82) is 0 Å². The molecule has 1 aliphatic heterocycles. The SMILES string of the molecule is C=CC(=O)n1c2ccccc2c2cc(C(=O)NCCOCCNC(=O)Oc3ccc(NC(=O)C[C@@H]4N=C(c5ccc(Cl)cc5)c5c(sc(C)c5C)-n5c(C)nnc54)cc3)ccc21. The topological polar surface area (TPSA) is 171 Å². The van der Waals surface area contributed by atoms with Crippen LogP contribution in [0.3, 0.4) is 0 Å². The van der Waals surface area contributed by atoms with Crippen LogP contribution in [-0.2, 0) is 9.53 Å². The molecule has 3 N–H and O–H groups in total. The first-order valence-electron chi connectivity index (χ1n) is 19.8. The molecule has 3 aromatic heterocycles. The lowest BCUT2D eigenvalue weighted by Crippen LogP contribution is -2.31. The number of carbonyl (C=O) groups excluding carboxylic acids is 4. The second-order valence-electron chi connectivity index (χ2n) is 14.5. The van der Waals surface area contributed by atoms with Gasteiger partial charge in [0.25, 0.3) is 11.8 Å². The van der Waals surface area contributed by atoms with Crippen molar-refractivity contribution < 1.29 is 28.7 Å². The summed E-state index contributed by atoms with van der Waals surface area (Å²) in [6, 6.07) is 26.0. The van der Waals surface area contributed by atoms with Gasteiger partial charge in [0.15, 0.2) is 5.82 Å². The highest BCUT2D eigenvalue weighted by atomic mass is 35.5. The normalized spacial score (nSPS) is 13.2. The highest BCUT2D eigenvalue weighted by molar-refractivity contribution is 7.15. The van der Waals surface area contributed by atoms with Gasteiger partial charge in [0.2, 0.25) is 5.91 Å². The Morgan fingerprint density at radius 1 is 0.871 bits per heavy atom. The largest absolute Gasteiger partial charge is 0.412 e. The molecule has 8 rings (SSSR count). The highest BCUT2D eigenvalue weighted by Gasteiger charge is 2.32. The Labute approximate surface area is 365 Å². The number of amides is 3. The molecule has 16 heteroatoms. The van der Waals surface area contributed by atoms with Gasteiger partial charge < -0.3 is 25.4 Å². The molecule has 0 spiro atoms. The monoisotopic (exact) mass is 868 g/mol. The zero-order chi connectivity index (χ0) is 43.5. The number of fused-ring (bicyclic) bond motifs is 6. The van der Waals surface area contributed by atoms with Crippen LogP contribution in [0.4, 0.5) is 10.5 Å². The van der Waals surface area contributed by atoms with E-state index in [0.717, 1.165) is 48.6 Å². The number of aryl methyl sites for hydroxylation is 2. The minimum Gasteiger partial charge on any atom is -0.410 e. The Hall–Kier alpha value is -6.94. The number of anilines is 1. The smallest absolute Gasteiger partial charge is 0.410 e. The predicted octanol–water partition coefficient (Wildman–Crippen LogP) is 8.30. The Morgan fingerprint density at radius 3 is 2.35 bits per heavy atom. The number of hydrogen-bond donors (Lipinski definition) is 3. The van der Waals surface area contributed by atoms with Crippen molar-refractivity contribution in [1.82, 2.24) is 30.0 Å². The molecule has 1 aliphatic rings. The Balaban J connectivity index is 0.801. The van der Waals surface area contributed by atoms with Gasteiger partial charge >= 0.3 is 6.09 Å². The first kappa shape index (κ1) is 41.8. The van der Waals surface area contributed by atoms with Gasteiger partial charge in [0.05, 0.1) is 36.4 Å². The number of para-hydroxylation sites is 1. The number of allylic oxidation sites excluding steroid dienone is 1. The van der Waals surface area contributed by atoms with E-state index in [9.17, 15) is 19.2 Å². The minimum atomic E-state index is -0.675. The number of halogens is 1. The van der Waals surface area contributed by atoms with E-state index in [4.69, 9.17) is 26.1 Å². The van der Waals surface area contributed by atoms with Crippen molar-refractivity contribution in [3.05, 3.63) is 147 Å². The average Bonchev–Trinajstić information content (AvgIpc) is 3.88. The first-order chi connectivity index (χ1) is 30.0. The van der Waals surface area contributed by atoms with Crippen LogP contribution in [-0.4, -0.2) is 75.2 Å². The fraction of sp³-hybridized carbons (Fsp3) is 0.196. The molecule has 314 valence electrons. The summed E-state index contributed by atoms with van der Waals surface area (Å²) in [7, 11) is 0. The van der Waals surface area contributed by atoms with Gasteiger partial charge in [0, 0.05) is 56.1 Å². The van der Waals surface area contributed by atoms with E-state index >= 15 is 0 Å². The quantitative estimate of drug-likeness (QED) is 0.0768. The minimum absolute atomic E-state index is 0.00108. The number of aromatic nitrogens is 4. The molecule has 0 saturated carbocycles. The van der Waals surface area contributed by atoms with Crippen LogP contribution < -0.4 is 20.7 Å². The number of hydrogen-bond acceptors (Lipinski definition) is 10. The van der Waals surface area contributed by atoms with E-state index in [2.05, 4.69) is 46.6 Å². The number of nitrogens with one attached hydrogen (secondary N) is 3. The van der Waals surface area contributed by atoms with E-state index in [1.54, 1.807) is 58.4 Å². The summed E-state index contributed by atoms with van der Waals surface area (Å²) < 4.78 is 14.6. The third kappa shape index (κ3) is 8.50. The Kier molecular flexibility index (Phi) is 12.1. The van der Waals surface area contributed by atoms with Crippen LogP contribution in [0.2, 0.25) is 5.02 Å². The Bertz CT molecular complexity index is 2920. The van der Waals surface area contributed by atoms with Crippen molar-refractivity contribution in [3.63, 3.8) is 0 Å². The molecule has 62 heavy (non-hydrogen) atoms. The van der Waals surface area contributed by atoms with Gasteiger partial charge in [-0.15, -0.1) is 21.5 Å². The molecule has 14 nitrogen and oxygen atoms in total. The molecule has 3 amide bonds. The molecule has 0 aliphatic carbocycles. The number of benzene rings is 4. The van der Waals surface area contributed by atoms with Crippen molar-refractivity contribution in [2.45, 2.75) is 33.2 Å². The van der Waals surface area contributed by atoms with Crippen LogP contribution >= 0.6 is 22.9 Å². The lowest BCUT2D eigenvalue weighted by atomic mass is 9.99. The molecule has 0 saturated heterocycles. The number of nitrogens with zero attached hydrogens (tertiary/aromatic N) is 5. The molecule has 1 atom stereocenters. The van der Waals surface area contributed by atoms with Gasteiger partial charge in [-0.2, -0.15) is 0 Å². The summed E-state index contributed by atoms with van der Waals surface area (Å²) in [4.78, 5) is 57.8. The maximum atomic E-state index is 13.5. The van der Waals surface area contributed by atoms with E-state index in [1.807, 2.05) is 60.0 Å². The second-order valence-corrected chi connectivity index (χ2v) is 16.1. The van der Waals surface area contributed by atoms with Gasteiger partial charge in [-0.05, 0) is 93.1 Å². The van der Waals surface area contributed by atoms with Crippen LogP contribution in [0, 0.1) is 20.8 Å². The van der Waals surface area contributed by atoms with Crippen LogP contribution in [0.1, 0.15) is 60.8 Å². The van der Waals surface area contributed by atoms with Gasteiger partial charge in [0.1, 0.15) is 22.6 Å². The molecular weight excluding hydrogens is 828 g/mol. The maximum absolute atomic E-state index is 13.5. The third-order valence-corrected chi connectivity index (χ3v) is 11.9. The maximum Gasteiger partial charge on any atom is 0.412 e. The number of ether oxygens (including phenoxy) is 2. The first-order valence-corrected chi connectivity index (χ1v) is 21.0. The number of aliphatic imine (C=N–C) groups is 1. The zero-order valence-corrected chi connectivity index (χ0v) is 35.6. The van der Waals surface area contributed by atoms with Crippen LogP contribution in [0.5, 0.6) is 5.75 Å². The fourth-order valence-electron chi connectivity index (χ4n) is 7.38. The Morgan fingerprint density at radius 2 is 1.60 bits per heavy atom. The molecule has 0 bridgehead atoms. The summed E-state index contributed by atoms with van der Waals surface area (Å²) in [5.74, 6) is 0.739. The zero-order valence-electron chi connectivity index (χ0n) is 34.0. The molecule has 0 fully saturated rings. The number of rotatable bonds is 13. The summed E-state index contributed by atoms with van der Waals surface area (Å²) >= 11 is 7.87. The highest BCUT2D eigenvalue weighted by Crippen LogP contribution is 2.40. The molecule has 7 aromatic rings. The lowest BCUT2D eigenvalue weighted by molar-refractivity contribution is -0.116. The molecular formula is C46H41ClN8O6S. The summed E-state index contributed by atoms with van der Waals surface area (Å²) in [6.45, 7) is 10.5. The predicted molar refractivity (Wildman–Crippen MR) is 240 cm³/mol. The van der Waals surface area contributed by atoms with Gasteiger partial charge in [-0.1, -0.05) is 48.5 Å². The van der Waals surface area contributed by atoms with Crippen molar-refractivity contribution in [3.8, 4) is 10.8 Å². The van der Waals surface area contributed by atoms with Crippen molar-refractivity contribution >= 4 is 80.0 Å². The molecule has 0 radical (unpaired) electrons. The van der Waals surface area contributed by atoms with Crippen molar-refractivity contribution in [2.75, 3.05) is 31.6 Å². The van der Waals surface area contributed by atoms with E-state index in [0.29, 0.717) is 33.4 Å². The summed E-state index contributed by atoms with van der Waals surface area (Å²) in [5.41, 5.74) is 6.10. The van der Waals surface area contributed by atoms with Crippen LogP contribution in [0.25, 0.3) is 26.8 Å². The average molecular weight is 869 g/mol. The number of thiophene rings is 1. The molecule has 0 unspecified atom stereocenters. The summed E-state index contributed by atoms with van der Waals surface area (Å²) in [5, 5.41) is 20.4. The van der Waals surface area contributed by atoms with E-state index in [1.165, 1.54) is 6.08 Å². The van der Waals surface area contributed by atoms with Crippen LogP contribution in [0.15, 0.2) is 109 Å². The summed E-state index contributed by atoms with van der Waals surface area (Å²) in [6.07, 6.45) is 0.590. The van der Waals surface area contributed by atoms with Gasteiger partial charge in [-0.3, -0.25) is 28.5 Å². The van der Waals surface area contributed by atoms with Crippen molar-refractivity contribution in [2.24, 2.45) is 4.99 Å². The second kappa shape index (κ2) is 18.0. The van der Waals surface area contributed by atoms with Gasteiger partial charge in [-0.25, -0.2) is 4.79 Å². The third-order valence-electron chi connectivity index (χ3n) is 10.5. The van der Waals surface area contributed by atoms with E-state index in [-0.39, 0.29) is 56.2 Å². The van der Waals surface area contributed by atoms with E-state index < -0.39 is 12.1 Å². The standard InChI is InChI=1S/C46H41ClN8O6S/c1-5-40(57)55-37-9-7-6-8-34(37)35-24-30(12-19-38(35)55)44(58)48-20-22-60-23-21-49-46(59)61-33-17-15-32(16-18-33)50-39(56)25-36-43-53-52-28(4)54(43)45-41(26(2)27(3)62-45)42(51-36)29-10-13-31(47)14-11-29/h5-19,24,36H,1,20-23,25H2,2-4H3,(H,48,58)(H,49,59)(H,50,56)/t36-/m0/s1.